The molecule has 1 aromatic heterocycles. The van der Waals surface area contributed by atoms with Crippen molar-refractivity contribution in [3.63, 3.8) is 0 Å². The average Bonchev–Trinajstić information content (AvgIpc) is 2.62. The molecule has 0 saturated heterocycles. The minimum absolute atomic E-state index is 0.579. The van der Waals surface area contributed by atoms with Gasteiger partial charge < -0.3 is 4.57 Å². The van der Waals surface area contributed by atoms with Crippen molar-refractivity contribution in [1.82, 2.24) is 9.55 Å². The molecule has 0 unspecified atom stereocenters. The summed E-state index contributed by atoms with van der Waals surface area (Å²) in [5.74, 6) is 1.23. The first kappa shape index (κ1) is 10.5. The van der Waals surface area contributed by atoms with Gasteiger partial charge in [0.15, 0.2) is 0 Å². The lowest BCUT2D eigenvalue weighted by molar-refractivity contribution is 0.635. The van der Waals surface area contributed by atoms with Crippen LogP contribution in [0.4, 0.5) is 0 Å². The molecule has 1 aliphatic rings. The molecule has 0 aromatic carbocycles. The number of aryl methyl sites for hydroxylation is 1. The van der Waals surface area contributed by atoms with Gasteiger partial charge in [-0.3, -0.25) is 0 Å². The van der Waals surface area contributed by atoms with Crippen LogP contribution in [0.15, 0.2) is 18.1 Å². The molecule has 0 N–H and O–H groups in total. The monoisotopic (exact) mass is 204 g/mol. The standard InChI is InChI=1S/C13H20N2/c1-9(2)12-6-5-11-7-14-8-15(11)13(12)10(3)4/h7-10H,5-6H2,1-4H3. The highest BCUT2D eigenvalue weighted by molar-refractivity contribution is 5.56. The molecule has 0 saturated carbocycles. The summed E-state index contributed by atoms with van der Waals surface area (Å²) in [6.45, 7) is 9.12. The van der Waals surface area contributed by atoms with E-state index in [-0.39, 0.29) is 0 Å². The van der Waals surface area contributed by atoms with E-state index in [1.165, 1.54) is 17.8 Å². The topological polar surface area (TPSA) is 17.8 Å². The van der Waals surface area contributed by atoms with Crippen LogP contribution in [0, 0.1) is 11.8 Å². The second kappa shape index (κ2) is 3.84. The van der Waals surface area contributed by atoms with Crippen LogP contribution in [-0.2, 0) is 6.42 Å². The van der Waals surface area contributed by atoms with Gasteiger partial charge in [0.2, 0.25) is 0 Å². The molecule has 0 bridgehead atoms. The molecule has 0 radical (unpaired) electrons. The second-order valence-corrected chi connectivity index (χ2v) is 4.97. The van der Waals surface area contributed by atoms with Gasteiger partial charge in [-0.2, -0.15) is 0 Å². The highest BCUT2D eigenvalue weighted by atomic mass is 15.1. The first-order chi connectivity index (χ1) is 7.11. The van der Waals surface area contributed by atoms with Crippen LogP contribution in [0.3, 0.4) is 0 Å². The second-order valence-electron chi connectivity index (χ2n) is 4.97. The Morgan fingerprint density at radius 3 is 2.47 bits per heavy atom. The normalized spacial score (nSPS) is 16.4. The van der Waals surface area contributed by atoms with Gasteiger partial charge in [-0.25, -0.2) is 4.98 Å². The maximum atomic E-state index is 4.26. The number of hydrogen-bond acceptors (Lipinski definition) is 1. The Hall–Kier alpha value is -1.05. The fourth-order valence-corrected chi connectivity index (χ4v) is 2.50. The molecule has 15 heavy (non-hydrogen) atoms. The molecule has 0 atom stereocenters. The van der Waals surface area contributed by atoms with Gasteiger partial charge in [-0.05, 0) is 30.3 Å². The molecule has 1 aliphatic heterocycles. The number of allylic oxidation sites excluding steroid dienone is 2. The Balaban J connectivity index is 2.54. The number of hydrogen-bond donors (Lipinski definition) is 0. The van der Waals surface area contributed by atoms with Crippen molar-refractivity contribution in [3.05, 3.63) is 23.8 Å². The van der Waals surface area contributed by atoms with Crippen molar-refractivity contribution in [2.75, 3.05) is 0 Å². The van der Waals surface area contributed by atoms with E-state index in [1.54, 1.807) is 5.57 Å². The minimum Gasteiger partial charge on any atom is -0.307 e. The van der Waals surface area contributed by atoms with Crippen molar-refractivity contribution in [2.45, 2.75) is 40.5 Å². The third-order valence-corrected chi connectivity index (χ3v) is 3.20. The summed E-state index contributed by atoms with van der Waals surface area (Å²) in [6, 6.07) is 0. The maximum absolute atomic E-state index is 4.26. The predicted molar refractivity (Wildman–Crippen MR) is 63.4 cm³/mol. The molecule has 0 spiro atoms. The number of aromatic nitrogens is 2. The summed E-state index contributed by atoms with van der Waals surface area (Å²) in [5, 5.41) is 0. The van der Waals surface area contributed by atoms with Crippen LogP contribution < -0.4 is 0 Å². The van der Waals surface area contributed by atoms with E-state index in [4.69, 9.17) is 0 Å². The van der Waals surface area contributed by atoms with E-state index in [1.807, 2.05) is 12.5 Å². The Morgan fingerprint density at radius 1 is 1.13 bits per heavy atom. The van der Waals surface area contributed by atoms with E-state index in [2.05, 4.69) is 37.2 Å². The third kappa shape index (κ3) is 1.73. The molecule has 2 heteroatoms. The van der Waals surface area contributed by atoms with Crippen molar-refractivity contribution >= 4 is 5.70 Å². The zero-order valence-corrected chi connectivity index (χ0v) is 10.1. The summed E-state index contributed by atoms with van der Waals surface area (Å²) in [5.41, 5.74) is 4.45. The zero-order valence-electron chi connectivity index (χ0n) is 10.1. The molecular formula is C13H20N2. The SMILES string of the molecule is CC(C)C1=C(C(C)C)n2cncc2CC1. The largest absolute Gasteiger partial charge is 0.307 e. The van der Waals surface area contributed by atoms with Gasteiger partial charge in [-0.1, -0.05) is 27.7 Å². The molecule has 82 valence electrons. The third-order valence-electron chi connectivity index (χ3n) is 3.20. The highest BCUT2D eigenvalue weighted by Crippen LogP contribution is 2.33. The number of fused-ring (bicyclic) bond motifs is 1. The van der Waals surface area contributed by atoms with Crippen molar-refractivity contribution in [2.24, 2.45) is 11.8 Å². The van der Waals surface area contributed by atoms with Gasteiger partial charge in [0, 0.05) is 17.6 Å². The Labute approximate surface area is 92.0 Å². The first-order valence-corrected chi connectivity index (χ1v) is 5.85. The lowest BCUT2D eigenvalue weighted by atomic mass is 9.89. The quantitative estimate of drug-likeness (QED) is 0.722. The van der Waals surface area contributed by atoms with E-state index >= 15 is 0 Å². The van der Waals surface area contributed by atoms with Crippen LogP contribution in [0.25, 0.3) is 5.70 Å². The number of nitrogens with zero attached hydrogens (tertiary/aromatic N) is 2. The molecule has 2 rings (SSSR count). The van der Waals surface area contributed by atoms with Crippen LogP contribution in [0.1, 0.15) is 39.8 Å². The minimum atomic E-state index is 0.579. The number of rotatable bonds is 2. The van der Waals surface area contributed by atoms with Crippen LogP contribution in [0.5, 0.6) is 0 Å². The summed E-state index contributed by atoms with van der Waals surface area (Å²) in [7, 11) is 0. The molecule has 0 fully saturated rings. The maximum Gasteiger partial charge on any atom is 0.0991 e. The molecular weight excluding hydrogens is 184 g/mol. The van der Waals surface area contributed by atoms with Gasteiger partial charge >= 0.3 is 0 Å². The fraction of sp³-hybridized carbons (Fsp3) is 0.615. The van der Waals surface area contributed by atoms with Gasteiger partial charge in [0.25, 0.3) is 0 Å². The lowest BCUT2D eigenvalue weighted by Gasteiger charge is -2.27. The van der Waals surface area contributed by atoms with Gasteiger partial charge in [0.1, 0.15) is 0 Å². The summed E-state index contributed by atoms with van der Waals surface area (Å²) >= 11 is 0. The smallest absolute Gasteiger partial charge is 0.0991 e. The van der Waals surface area contributed by atoms with E-state index in [9.17, 15) is 0 Å². The molecule has 0 aliphatic carbocycles. The Morgan fingerprint density at radius 2 is 1.87 bits per heavy atom. The Kier molecular flexibility index (Phi) is 2.68. The summed E-state index contributed by atoms with van der Waals surface area (Å²) < 4.78 is 2.30. The molecule has 2 heterocycles. The summed E-state index contributed by atoms with van der Waals surface area (Å²) in [6.07, 6.45) is 6.31. The summed E-state index contributed by atoms with van der Waals surface area (Å²) in [4.78, 5) is 4.26. The van der Waals surface area contributed by atoms with Crippen LogP contribution >= 0.6 is 0 Å². The lowest BCUT2D eigenvalue weighted by Crippen LogP contribution is -2.17. The van der Waals surface area contributed by atoms with E-state index < -0.39 is 0 Å². The van der Waals surface area contributed by atoms with Gasteiger partial charge in [0.05, 0.1) is 6.33 Å². The highest BCUT2D eigenvalue weighted by Gasteiger charge is 2.22. The van der Waals surface area contributed by atoms with Crippen molar-refractivity contribution < 1.29 is 0 Å². The van der Waals surface area contributed by atoms with E-state index in [0.29, 0.717) is 11.8 Å². The van der Waals surface area contributed by atoms with Crippen LogP contribution in [0.2, 0.25) is 0 Å². The van der Waals surface area contributed by atoms with Crippen LogP contribution in [-0.4, -0.2) is 9.55 Å². The molecule has 2 nitrogen and oxygen atoms in total. The molecule has 0 amide bonds. The zero-order chi connectivity index (χ0) is 11.0. The number of imidazole rings is 1. The van der Waals surface area contributed by atoms with Crippen molar-refractivity contribution in [3.8, 4) is 0 Å². The predicted octanol–water partition coefficient (Wildman–Crippen LogP) is 3.35. The molecule has 1 aromatic rings. The Bertz CT molecular complexity index is 383. The fourth-order valence-electron chi connectivity index (χ4n) is 2.50. The van der Waals surface area contributed by atoms with Gasteiger partial charge in [-0.15, -0.1) is 0 Å². The van der Waals surface area contributed by atoms with Crippen molar-refractivity contribution in [1.29, 1.82) is 0 Å². The van der Waals surface area contributed by atoms with E-state index in [0.717, 1.165) is 6.42 Å². The first-order valence-electron chi connectivity index (χ1n) is 5.85. The average molecular weight is 204 g/mol.